The third-order valence-corrected chi connectivity index (χ3v) is 6.54. The van der Waals surface area contributed by atoms with E-state index in [0.717, 1.165) is 40.4 Å². The molecule has 1 aliphatic heterocycles. The highest BCUT2D eigenvalue weighted by Gasteiger charge is 2.27. The highest BCUT2D eigenvalue weighted by Crippen LogP contribution is 2.34. The van der Waals surface area contributed by atoms with Crippen molar-refractivity contribution in [1.29, 1.82) is 0 Å². The fraction of sp³-hybridized carbons (Fsp3) is 0.241. The molecular weight excluding hydrogens is 440 g/mol. The number of amides is 1. The Bertz CT molecular complexity index is 1290. The molecule has 1 amide bonds. The van der Waals surface area contributed by atoms with Gasteiger partial charge in [-0.2, -0.15) is 0 Å². The molecule has 0 saturated carbocycles. The summed E-state index contributed by atoms with van der Waals surface area (Å²) in [6.07, 6.45) is 2.87. The Labute approximate surface area is 204 Å². The van der Waals surface area contributed by atoms with Gasteiger partial charge in [0.1, 0.15) is 13.2 Å². The lowest BCUT2D eigenvalue weighted by atomic mass is 9.89. The van der Waals surface area contributed by atoms with E-state index in [2.05, 4.69) is 0 Å². The number of benzene rings is 3. The molecule has 0 unspecified atom stereocenters. The average Bonchev–Trinajstić information content (AvgIpc) is 3.31. The first-order valence-corrected chi connectivity index (χ1v) is 12.0. The highest BCUT2D eigenvalue weighted by atomic mass is 16.6. The van der Waals surface area contributed by atoms with Gasteiger partial charge in [-0.05, 0) is 41.5 Å². The Kier molecular flexibility index (Phi) is 6.80. The fourth-order valence-corrected chi connectivity index (χ4v) is 4.65. The van der Waals surface area contributed by atoms with Crippen LogP contribution in [0.15, 0.2) is 91.1 Å². The number of hydrogen-bond acceptors (Lipinski definition) is 4. The van der Waals surface area contributed by atoms with Crippen molar-refractivity contribution in [3.05, 3.63) is 108 Å². The largest absolute Gasteiger partial charge is 0.445 e. The second kappa shape index (κ2) is 10.5. The van der Waals surface area contributed by atoms with Crippen LogP contribution in [-0.4, -0.2) is 34.7 Å². The van der Waals surface area contributed by atoms with Crippen LogP contribution in [0.4, 0.5) is 9.59 Å². The van der Waals surface area contributed by atoms with Crippen LogP contribution in [0.25, 0.3) is 10.9 Å². The molecule has 35 heavy (non-hydrogen) atoms. The lowest BCUT2D eigenvalue weighted by molar-refractivity contribution is 0.0871. The van der Waals surface area contributed by atoms with Gasteiger partial charge in [-0.25, -0.2) is 9.59 Å². The molecule has 1 saturated heterocycles. The molecule has 1 aromatic heterocycles. The van der Waals surface area contributed by atoms with E-state index < -0.39 is 6.09 Å². The standard InChI is InChI=1S/C29H28N2O4/c32-28(34-20-22-9-3-1-4-10-22)30-17-15-24(16-18-30)26-19-31(27-14-8-7-13-25(26)27)29(33)35-21-23-11-5-2-6-12-23/h1-14,19,24H,15-18,20-21H2. The van der Waals surface area contributed by atoms with Crippen molar-refractivity contribution >= 4 is 23.1 Å². The molecule has 5 rings (SSSR count). The van der Waals surface area contributed by atoms with E-state index >= 15 is 0 Å². The quantitative estimate of drug-likeness (QED) is 0.343. The summed E-state index contributed by atoms with van der Waals surface area (Å²) in [6.45, 7) is 1.75. The minimum absolute atomic E-state index is 0.227. The monoisotopic (exact) mass is 468 g/mol. The van der Waals surface area contributed by atoms with E-state index in [1.807, 2.05) is 91.1 Å². The van der Waals surface area contributed by atoms with E-state index in [0.29, 0.717) is 13.1 Å². The molecular formula is C29H28N2O4. The number of nitrogens with zero attached hydrogens (tertiary/aromatic N) is 2. The molecule has 4 aromatic rings. The maximum atomic E-state index is 12.9. The van der Waals surface area contributed by atoms with E-state index in [9.17, 15) is 9.59 Å². The average molecular weight is 469 g/mol. The second-order valence-corrected chi connectivity index (χ2v) is 8.81. The van der Waals surface area contributed by atoms with E-state index in [1.165, 1.54) is 0 Å². The van der Waals surface area contributed by atoms with Gasteiger partial charge < -0.3 is 14.4 Å². The number of carbonyl (C=O) groups is 2. The summed E-state index contributed by atoms with van der Waals surface area (Å²) in [6, 6.07) is 27.3. The number of rotatable bonds is 5. The van der Waals surface area contributed by atoms with E-state index in [-0.39, 0.29) is 25.2 Å². The Morgan fingerprint density at radius 3 is 1.89 bits per heavy atom. The highest BCUT2D eigenvalue weighted by molar-refractivity contribution is 5.92. The zero-order valence-corrected chi connectivity index (χ0v) is 19.5. The SMILES string of the molecule is O=C(OCc1ccccc1)N1CCC(c2cn(C(=O)OCc3ccccc3)c3ccccc23)CC1. The van der Waals surface area contributed by atoms with Crippen molar-refractivity contribution in [3.63, 3.8) is 0 Å². The number of carbonyl (C=O) groups excluding carboxylic acids is 2. The molecule has 0 aliphatic carbocycles. The van der Waals surface area contributed by atoms with Gasteiger partial charge in [-0.1, -0.05) is 78.9 Å². The minimum atomic E-state index is -0.391. The summed E-state index contributed by atoms with van der Waals surface area (Å²) in [5.41, 5.74) is 3.88. The van der Waals surface area contributed by atoms with Crippen LogP contribution in [0.2, 0.25) is 0 Å². The third kappa shape index (κ3) is 5.22. The Hall–Kier alpha value is -4.06. The first-order chi connectivity index (χ1) is 17.2. The van der Waals surface area contributed by atoms with Gasteiger partial charge in [0.05, 0.1) is 5.52 Å². The third-order valence-electron chi connectivity index (χ3n) is 6.54. The zero-order valence-electron chi connectivity index (χ0n) is 19.5. The summed E-state index contributed by atoms with van der Waals surface area (Å²) >= 11 is 0. The topological polar surface area (TPSA) is 60.8 Å². The molecule has 2 heterocycles. The predicted molar refractivity (Wildman–Crippen MR) is 134 cm³/mol. The lowest BCUT2D eigenvalue weighted by Gasteiger charge is -2.31. The maximum absolute atomic E-state index is 12.9. The molecule has 6 heteroatoms. The van der Waals surface area contributed by atoms with Gasteiger partial charge >= 0.3 is 12.2 Å². The zero-order chi connectivity index (χ0) is 24.0. The normalized spacial score (nSPS) is 14.1. The van der Waals surface area contributed by atoms with Crippen LogP contribution in [-0.2, 0) is 22.7 Å². The number of ether oxygens (including phenoxy) is 2. The molecule has 6 nitrogen and oxygen atoms in total. The fourth-order valence-electron chi connectivity index (χ4n) is 4.65. The molecule has 1 fully saturated rings. The van der Waals surface area contributed by atoms with Crippen LogP contribution in [0.3, 0.4) is 0 Å². The molecule has 0 bridgehead atoms. The van der Waals surface area contributed by atoms with Crippen molar-refractivity contribution in [2.24, 2.45) is 0 Å². The number of likely N-dealkylation sites (tertiary alicyclic amines) is 1. The van der Waals surface area contributed by atoms with Crippen molar-refractivity contribution in [1.82, 2.24) is 9.47 Å². The van der Waals surface area contributed by atoms with Crippen LogP contribution in [0, 0.1) is 0 Å². The van der Waals surface area contributed by atoms with Crippen molar-refractivity contribution < 1.29 is 19.1 Å². The smallest absolute Gasteiger partial charge is 0.418 e. The maximum Gasteiger partial charge on any atom is 0.418 e. The number of aromatic nitrogens is 1. The molecule has 178 valence electrons. The Morgan fingerprint density at radius 2 is 1.26 bits per heavy atom. The van der Waals surface area contributed by atoms with Crippen molar-refractivity contribution in [3.8, 4) is 0 Å². The van der Waals surface area contributed by atoms with E-state index in [1.54, 1.807) is 9.47 Å². The second-order valence-electron chi connectivity index (χ2n) is 8.81. The van der Waals surface area contributed by atoms with Gasteiger partial charge in [0.15, 0.2) is 0 Å². The molecule has 0 radical (unpaired) electrons. The number of piperidine rings is 1. The van der Waals surface area contributed by atoms with Gasteiger partial charge in [0, 0.05) is 24.7 Å². The summed E-state index contributed by atoms with van der Waals surface area (Å²) in [5, 5.41) is 1.05. The Balaban J connectivity index is 1.24. The van der Waals surface area contributed by atoms with Crippen LogP contribution in [0.1, 0.15) is 35.4 Å². The van der Waals surface area contributed by atoms with Gasteiger partial charge in [-0.15, -0.1) is 0 Å². The minimum Gasteiger partial charge on any atom is -0.445 e. The lowest BCUT2D eigenvalue weighted by Crippen LogP contribution is -2.38. The molecule has 0 atom stereocenters. The number of para-hydroxylation sites is 1. The first kappa shape index (κ1) is 22.7. The van der Waals surface area contributed by atoms with Crippen molar-refractivity contribution in [2.45, 2.75) is 32.0 Å². The Morgan fingerprint density at radius 1 is 0.714 bits per heavy atom. The van der Waals surface area contributed by atoms with Crippen molar-refractivity contribution in [2.75, 3.05) is 13.1 Å². The molecule has 1 aliphatic rings. The summed E-state index contributed by atoms with van der Waals surface area (Å²) in [4.78, 5) is 27.2. The molecule has 3 aromatic carbocycles. The summed E-state index contributed by atoms with van der Waals surface area (Å²) in [7, 11) is 0. The first-order valence-electron chi connectivity index (χ1n) is 12.0. The van der Waals surface area contributed by atoms with E-state index in [4.69, 9.17) is 9.47 Å². The van der Waals surface area contributed by atoms with Crippen LogP contribution < -0.4 is 0 Å². The number of hydrogen-bond donors (Lipinski definition) is 0. The van der Waals surface area contributed by atoms with Gasteiger partial charge in [-0.3, -0.25) is 4.57 Å². The molecule has 0 N–H and O–H groups in total. The summed E-state index contributed by atoms with van der Waals surface area (Å²) in [5.74, 6) is 0.251. The van der Waals surface area contributed by atoms with Gasteiger partial charge in [0.2, 0.25) is 0 Å². The van der Waals surface area contributed by atoms with Crippen LogP contribution in [0.5, 0.6) is 0 Å². The van der Waals surface area contributed by atoms with Crippen LogP contribution >= 0.6 is 0 Å². The summed E-state index contributed by atoms with van der Waals surface area (Å²) < 4.78 is 12.7. The molecule has 0 spiro atoms. The number of fused-ring (bicyclic) bond motifs is 1. The predicted octanol–water partition coefficient (Wildman–Crippen LogP) is 6.34. The van der Waals surface area contributed by atoms with Gasteiger partial charge in [0.25, 0.3) is 0 Å².